The minimum Gasteiger partial charge on any atom is -0.406 e. The second-order valence-electron chi connectivity index (χ2n) is 6.75. The van der Waals surface area contributed by atoms with Crippen LogP contribution in [0, 0.1) is 11.3 Å². The molecule has 1 unspecified atom stereocenters. The Kier molecular flexibility index (Phi) is 6.42. The Morgan fingerprint density at radius 1 is 1.27 bits per heavy atom. The molecule has 2 saturated heterocycles. The second kappa shape index (κ2) is 8.02. The Bertz CT molecular complexity index is 619. The molecule has 26 heavy (non-hydrogen) atoms. The highest BCUT2D eigenvalue weighted by Crippen LogP contribution is 2.43. The lowest BCUT2D eigenvalue weighted by atomic mass is 9.71. The summed E-state index contributed by atoms with van der Waals surface area (Å²) in [5, 5.41) is 13.0. The zero-order valence-electron chi connectivity index (χ0n) is 14.1. The number of nitrogens with zero attached hydrogens (tertiary/aromatic N) is 1. The first-order chi connectivity index (χ1) is 11.8. The third kappa shape index (κ3) is 4.42. The topological polar surface area (TPSA) is 61.8 Å². The van der Waals surface area contributed by atoms with Crippen molar-refractivity contribution in [1.29, 1.82) is 0 Å². The molecule has 1 atom stereocenters. The summed E-state index contributed by atoms with van der Waals surface area (Å²) >= 11 is 0. The van der Waals surface area contributed by atoms with Crippen LogP contribution in [0.3, 0.4) is 0 Å². The maximum Gasteiger partial charge on any atom is 0.573 e. The van der Waals surface area contributed by atoms with Crippen molar-refractivity contribution in [2.45, 2.75) is 19.2 Å². The van der Waals surface area contributed by atoms with Gasteiger partial charge in [0.1, 0.15) is 5.75 Å². The van der Waals surface area contributed by atoms with Crippen LogP contribution in [-0.4, -0.2) is 55.1 Å². The Hall–Kier alpha value is -1.51. The Balaban J connectivity index is 0.00000243. The number of rotatable bonds is 3. The van der Waals surface area contributed by atoms with Crippen molar-refractivity contribution in [2.75, 3.05) is 32.8 Å². The Labute approximate surface area is 155 Å². The summed E-state index contributed by atoms with van der Waals surface area (Å²) in [5.41, 5.74) is 0.242. The summed E-state index contributed by atoms with van der Waals surface area (Å²) in [5.74, 6) is -0.549. The molecule has 2 heterocycles. The van der Waals surface area contributed by atoms with Crippen molar-refractivity contribution in [3.8, 4) is 5.75 Å². The molecule has 1 aromatic rings. The van der Waals surface area contributed by atoms with Crippen molar-refractivity contribution in [3.63, 3.8) is 0 Å². The SMILES string of the molecule is Cl.O=C(c1ccc(OC(F)(F)F)cc1)N1CC(CO)C2(CCNCC2)C1. The summed E-state index contributed by atoms with van der Waals surface area (Å²) in [4.78, 5) is 14.4. The van der Waals surface area contributed by atoms with Crippen LogP contribution in [0.15, 0.2) is 24.3 Å². The van der Waals surface area contributed by atoms with Gasteiger partial charge in [0, 0.05) is 31.2 Å². The highest BCUT2D eigenvalue weighted by molar-refractivity contribution is 5.94. The fraction of sp³-hybridized carbons (Fsp3) is 0.588. The highest BCUT2D eigenvalue weighted by atomic mass is 35.5. The van der Waals surface area contributed by atoms with E-state index in [2.05, 4.69) is 10.1 Å². The van der Waals surface area contributed by atoms with E-state index in [1.807, 2.05) is 0 Å². The molecule has 0 radical (unpaired) electrons. The smallest absolute Gasteiger partial charge is 0.406 e. The van der Waals surface area contributed by atoms with Crippen LogP contribution in [0.1, 0.15) is 23.2 Å². The van der Waals surface area contributed by atoms with Crippen LogP contribution in [0.5, 0.6) is 5.75 Å². The van der Waals surface area contributed by atoms with Crippen molar-refractivity contribution >= 4 is 18.3 Å². The van der Waals surface area contributed by atoms with Gasteiger partial charge < -0.3 is 20.1 Å². The number of hydrogen-bond acceptors (Lipinski definition) is 4. The van der Waals surface area contributed by atoms with Crippen molar-refractivity contribution < 1.29 is 27.8 Å². The zero-order chi connectivity index (χ0) is 18.1. The molecule has 0 aromatic heterocycles. The minimum absolute atomic E-state index is 0. The summed E-state index contributed by atoms with van der Waals surface area (Å²) in [6.07, 6.45) is -2.95. The molecule has 0 aliphatic carbocycles. The van der Waals surface area contributed by atoms with Gasteiger partial charge in [-0.1, -0.05) is 0 Å². The van der Waals surface area contributed by atoms with Crippen molar-refractivity contribution in [3.05, 3.63) is 29.8 Å². The van der Waals surface area contributed by atoms with Gasteiger partial charge in [-0.25, -0.2) is 0 Å². The van der Waals surface area contributed by atoms with Gasteiger partial charge in [0.2, 0.25) is 0 Å². The molecule has 2 aliphatic rings. The molecule has 2 N–H and O–H groups in total. The number of carbonyl (C=O) groups is 1. The van der Waals surface area contributed by atoms with Crippen molar-refractivity contribution in [1.82, 2.24) is 10.2 Å². The molecule has 9 heteroatoms. The third-order valence-corrected chi connectivity index (χ3v) is 5.25. The normalized spacial score (nSPS) is 22.2. The molecular weight excluding hydrogens is 373 g/mol. The molecule has 146 valence electrons. The van der Waals surface area contributed by atoms with E-state index >= 15 is 0 Å². The lowest BCUT2D eigenvalue weighted by Gasteiger charge is -2.37. The van der Waals surface area contributed by atoms with E-state index in [4.69, 9.17) is 0 Å². The van der Waals surface area contributed by atoms with Crippen LogP contribution in [0.25, 0.3) is 0 Å². The van der Waals surface area contributed by atoms with E-state index in [0.717, 1.165) is 38.1 Å². The average molecular weight is 395 g/mol. The molecule has 1 aromatic carbocycles. The third-order valence-electron chi connectivity index (χ3n) is 5.25. The molecule has 3 rings (SSSR count). The number of carbonyl (C=O) groups excluding carboxylic acids is 1. The van der Waals surface area contributed by atoms with Crippen molar-refractivity contribution in [2.24, 2.45) is 11.3 Å². The highest BCUT2D eigenvalue weighted by Gasteiger charge is 2.47. The van der Waals surface area contributed by atoms with Crippen LogP contribution < -0.4 is 10.1 Å². The number of nitrogens with one attached hydrogen (secondary N) is 1. The average Bonchev–Trinajstić information content (AvgIpc) is 2.92. The summed E-state index contributed by atoms with van der Waals surface area (Å²) in [7, 11) is 0. The van der Waals surface area contributed by atoms with E-state index in [9.17, 15) is 23.1 Å². The Morgan fingerprint density at radius 3 is 2.42 bits per heavy atom. The van der Waals surface area contributed by atoms with E-state index in [0.29, 0.717) is 18.7 Å². The number of alkyl halides is 3. The number of piperidine rings is 1. The number of amides is 1. The van der Waals surface area contributed by atoms with E-state index in [1.54, 1.807) is 4.90 Å². The number of hydrogen-bond donors (Lipinski definition) is 2. The number of ether oxygens (including phenoxy) is 1. The number of benzene rings is 1. The van der Waals surface area contributed by atoms with E-state index in [1.165, 1.54) is 12.1 Å². The van der Waals surface area contributed by atoms with E-state index in [-0.39, 0.29) is 42.0 Å². The maximum absolute atomic E-state index is 12.7. The van der Waals surface area contributed by atoms with Gasteiger partial charge in [-0.15, -0.1) is 25.6 Å². The number of likely N-dealkylation sites (tertiary alicyclic amines) is 1. The van der Waals surface area contributed by atoms with Gasteiger partial charge in [0.25, 0.3) is 5.91 Å². The summed E-state index contributed by atoms with van der Waals surface area (Å²) in [6, 6.07) is 4.96. The van der Waals surface area contributed by atoms with Crippen LogP contribution in [0.4, 0.5) is 13.2 Å². The molecule has 1 spiro atoms. The number of aliphatic hydroxyl groups excluding tert-OH is 1. The van der Waals surface area contributed by atoms with Crippen LogP contribution in [0.2, 0.25) is 0 Å². The van der Waals surface area contributed by atoms with Gasteiger partial charge in [-0.3, -0.25) is 4.79 Å². The quantitative estimate of drug-likeness (QED) is 0.826. The molecule has 0 saturated carbocycles. The summed E-state index contributed by atoms with van der Waals surface area (Å²) in [6.45, 7) is 2.79. The maximum atomic E-state index is 12.7. The minimum atomic E-state index is -4.75. The van der Waals surface area contributed by atoms with Gasteiger partial charge in [-0.2, -0.15) is 0 Å². The largest absolute Gasteiger partial charge is 0.573 e. The van der Waals surface area contributed by atoms with Gasteiger partial charge >= 0.3 is 6.36 Å². The second-order valence-corrected chi connectivity index (χ2v) is 6.75. The molecule has 2 fully saturated rings. The van der Waals surface area contributed by atoms with Gasteiger partial charge in [0.15, 0.2) is 0 Å². The number of aliphatic hydroxyl groups is 1. The lowest BCUT2D eigenvalue weighted by molar-refractivity contribution is -0.274. The molecule has 1 amide bonds. The first-order valence-corrected chi connectivity index (χ1v) is 8.30. The molecule has 5 nitrogen and oxygen atoms in total. The van der Waals surface area contributed by atoms with Gasteiger partial charge in [0.05, 0.1) is 0 Å². The molecule has 0 bridgehead atoms. The number of halogens is 4. The van der Waals surface area contributed by atoms with Crippen LogP contribution in [-0.2, 0) is 0 Å². The lowest BCUT2D eigenvalue weighted by Crippen LogP contribution is -2.43. The monoisotopic (exact) mass is 394 g/mol. The van der Waals surface area contributed by atoms with Crippen LogP contribution >= 0.6 is 12.4 Å². The fourth-order valence-corrected chi connectivity index (χ4v) is 3.91. The Morgan fingerprint density at radius 2 is 1.88 bits per heavy atom. The van der Waals surface area contributed by atoms with Gasteiger partial charge in [-0.05, 0) is 55.6 Å². The molecule has 2 aliphatic heterocycles. The predicted molar refractivity (Wildman–Crippen MR) is 91.4 cm³/mol. The predicted octanol–water partition coefficient (Wildman–Crippen LogP) is 2.44. The standard InChI is InChI=1S/C17H21F3N2O3.ClH/c18-17(19,20)25-14-3-1-12(2-4-14)15(24)22-9-13(10-23)16(11-22)5-7-21-8-6-16;/h1-4,13,21,23H,5-11H2;1H. The fourth-order valence-electron chi connectivity index (χ4n) is 3.91. The summed E-state index contributed by atoms with van der Waals surface area (Å²) < 4.78 is 40.4. The molecular formula is C17H22ClF3N2O3. The first-order valence-electron chi connectivity index (χ1n) is 8.30. The zero-order valence-corrected chi connectivity index (χ0v) is 14.9. The first kappa shape index (κ1) is 20.8. The van der Waals surface area contributed by atoms with E-state index < -0.39 is 6.36 Å².